The maximum Gasteiger partial charge on any atom is 0.301 e. The van der Waals surface area contributed by atoms with Gasteiger partial charge in [0.15, 0.2) is 15.8 Å². The highest BCUT2D eigenvalue weighted by Gasteiger charge is 2.48. The Morgan fingerprint density at radius 2 is 1.68 bits per heavy atom. The van der Waals surface area contributed by atoms with Crippen molar-refractivity contribution in [2.24, 2.45) is 0 Å². The number of rotatable bonds is 11. The maximum atomic E-state index is 14.2. The molecule has 4 aromatic carbocycles. The first-order valence-corrected chi connectivity index (χ1v) is 16.7. The molecule has 47 heavy (non-hydrogen) atoms. The first kappa shape index (κ1) is 32.0. The van der Waals surface area contributed by atoms with Gasteiger partial charge >= 0.3 is 5.91 Å². The van der Waals surface area contributed by atoms with E-state index in [1.807, 2.05) is 56.3 Å². The Balaban J connectivity index is 1.39. The van der Waals surface area contributed by atoms with E-state index in [9.17, 15) is 19.1 Å². The number of aromatic nitrogens is 2. The van der Waals surface area contributed by atoms with Gasteiger partial charge in [-0.05, 0) is 48.7 Å². The van der Waals surface area contributed by atoms with Crippen LogP contribution in [0.5, 0.6) is 11.5 Å². The van der Waals surface area contributed by atoms with E-state index in [4.69, 9.17) is 9.47 Å². The number of aryl methyl sites for hydroxylation is 1. The third kappa shape index (κ3) is 6.91. The minimum absolute atomic E-state index is 0.0879. The molecule has 1 aliphatic heterocycles. The number of hydrogen-bond donors (Lipinski definition) is 1. The van der Waals surface area contributed by atoms with Crippen molar-refractivity contribution in [1.29, 1.82) is 0 Å². The number of ketones is 1. The first-order valence-electron chi connectivity index (χ1n) is 14.8. The van der Waals surface area contributed by atoms with Crippen LogP contribution in [0.2, 0.25) is 0 Å². The average Bonchev–Trinajstić information content (AvgIpc) is 3.66. The van der Waals surface area contributed by atoms with Crippen molar-refractivity contribution in [2.45, 2.75) is 36.6 Å². The molecule has 1 saturated heterocycles. The molecule has 2 heterocycles. The van der Waals surface area contributed by atoms with E-state index in [0.29, 0.717) is 51.5 Å². The summed E-state index contributed by atoms with van der Waals surface area (Å²) in [4.78, 5) is 28.7. The Hall–Kier alpha value is -5.00. The first-order chi connectivity index (χ1) is 22.8. The van der Waals surface area contributed by atoms with Crippen LogP contribution in [0, 0.1) is 12.7 Å². The van der Waals surface area contributed by atoms with E-state index < -0.39 is 17.7 Å². The van der Waals surface area contributed by atoms with Crippen LogP contribution in [0.4, 0.5) is 9.52 Å². The van der Waals surface area contributed by atoms with Gasteiger partial charge in [0.25, 0.3) is 5.78 Å². The topological polar surface area (TPSA) is 102 Å². The summed E-state index contributed by atoms with van der Waals surface area (Å²) in [5.41, 5.74) is 3.26. The van der Waals surface area contributed by atoms with Gasteiger partial charge in [-0.3, -0.25) is 14.5 Å². The number of amides is 1. The monoisotopic (exact) mass is 667 g/mol. The number of anilines is 1. The number of benzene rings is 4. The van der Waals surface area contributed by atoms with Gasteiger partial charge in [-0.1, -0.05) is 108 Å². The molecule has 0 bridgehead atoms. The second-order valence-electron chi connectivity index (χ2n) is 10.7. The SMILES string of the molecule is CCOc1cc(C2/C(=C(\O)c3ccc(C)cc3)C(=O)C(=O)N2c2nnc(SCc3ccccc3F)s2)ccc1OCc1ccccc1. The molecular weight excluding hydrogens is 638 g/mol. The number of aliphatic hydroxyl groups excluding tert-OH is 1. The zero-order valence-corrected chi connectivity index (χ0v) is 27.2. The predicted molar refractivity (Wildman–Crippen MR) is 180 cm³/mol. The summed E-state index contributed by atoms with van der Waals surface area (Å²) < 4.78 is 26.8. The van der Waals surface area contributed by atoms with Gasteiger partial charge in [0, 0.05) is 11.3 Å². The standard InChI is InChI=1S/C36H30FN3O5S2/c1-3-44-29-19-25(17-18-28(29)45-20-23-9-5-4-6-10-23)31-30(32(41)24-15-13-22(2)14-16-24)33(42)34(43)40(31)35-38-39-36(47-35)46-21-26-11-7-8-12-27(26)37/h4-19,31,41H,3,20-21H2,1-2H3/b32-30+. The van der Waals surface area contributed by atoms with Crippen LogP contribution in [0.15, 0.2) is 107 Å². The Kier molecular flexibility index (Phi) is 9.65. The Labute approximate surface area is 279 Å². The smallest absolute Gasteiger partial charge is 0.301 e. The molecule has 0 aliphatic carbocycles. The lowest BCUT2D eigenvalue weighted by Gasteiger charge is -2.23. The van der Waals surface area contributed by atoms with Gasteiger partial charge in [0.05, 0.1) is 18.2 Å². The van der Waals surface area contributed by atoms with Crippen LogP contribution in [0.25, 0.3) is 5.76 Å². The molecule has 238 valence electrons. The summed E-state index contributed by atoms with van der Waals surface area (Å²) in [6.45, 7) is 4.41. The molecule has 1 atom stereocenters. The molecule has 0 radical (unpaired) electrons. The molecule has 6 rings (SSSR count). The summed E-state index contributed by atoms with van der Waals surface area (Å²) in [5, 5.41) is 20.2. The summed E-state index contributed by atoms with van der Waals surface area (Å²) in [7, 11) is 0. The quantitative estimate of drug-likeness (QED) is 0.0499. The van der Waals surface area contributed by atoms with Gasteiger partial charge in [-0.2, -0.15) is 0 Å². The predicted octanol–water partition coefficient (Wildman–Crippen LogP) is 7.88. The highest BCUT2D eigenvalue weighted by atomic mass is 32.2. The van der Waals surface area contributed by atoms with Gasteiger partial charge in [-0.25, -0.2) is 4.39 Å². The zero-order valence-electron chi connectivity index (χ0n) is 25.6. The Morgan fingerprint density at radius 1 is 0.936 bits per heavy atom. The second-order valence-corrected chi connectivity index (χ2v) is 12.9. The Bertz CT molecular complexity index is 1950. The fourth-order valence-corrected chi connectivity index (χ4v) is 7.00. The number of ether oxygens (including phenoxy) is 2. The van der Waals surface area contributed by atoms with Crippen LogP contribution >= 0.6 is 23.1 Å². The largest absolute Gasteiger partial charge is 0.507 e. The fraction of sp³-hybridized carbons (Fsp3) is 0.167. The van der Waals surface area contributed by atoms with Gasteiger partial charge in [0.2, 0.25) is 5.13 Å². The lowest BCUT2D eigenvalue weighted by Crippen LogP contribution is -2.29. The van der Waals surface area contributed by atoms with E-state index in [-0.39, 0.29) is 22.3 Å². The molecule has 11 heteroatoms. The number of carbonyl (C=O) groups is 2. The molecule has 1 fully saturated rings. The van der Waals surface area contributed by atoms with E-state index in [1.165, 1.54) is 22.7 Å². The third-order valence-electron chi connectivity index (χ3n) is 7.50. The molecule has 1 unspecified atom stereocenters. The molecule has 0 spiro atoms. The number of thioether (sulfide) groups is 1. The molecule has 1 aliphatic rings. The van der Waals surface area contributed by atoms with E-state index in [2.05, 4.69) is 10.2 Å². The van der Waals surface area contributed by atoms with Crippen LogP contribution in [-0.2, 0) is 21.9 Å². The minimum atomic E-state index is -1.05. The van der Waals surface area contributed by atoms with Crippen molar-refractivity contribution in [2.75, 3.05) is 11.5 Å². The summed E-state index contributed by atoms with van der Waals surface area (Å²) in [6, 6.07) is 27.3. The van der Waals surface area contributed by atoms with Crippen molar-refractivity contribution in [3.05, 3.63) is 136 Å². The highest BCUT2D eigenvalue weighted by molar-refractivity contribution is 8.00. The van der Waals surface area contributed by atoms with Crippen molar-refractivity contribution < 1.29 is 28.6 Å². The van der Waals surface area contributed by atoms with Crippen molar-refractivity contribution in [3.8, 4) is 11.5 Å². The molecule has 1 N–H and O–H groups in total. The number of hydrogen-bond acceptors (Lipinski definition) is 9. The number of nitrogens with zero attached hydrogens (tertiary/aromatic N) is 3. The minimum Gasteiger partial charge on any atom is -0.507 e. The van der Waals surface area contributed by atoms with Crippen molar-refractivity contribution >= 4 is 45.7 Å². The third-order valence-corrected chi connectivity index (χ3v) is 9.61. The molecule has 1 aromatic heterocycles. The number of carbonyl (C=O) groups excluding carboxylic acids is 2. The number of halogens is 1. The maximum absolute atomic E-state index is 14.2. The molecule has 8 nitrogen and oxygen atoms in total. The Morgan fingerprint density at radius 3 is 2.43 bits per heavy atom. The lowest BCUT2D eigenvalue weighted by molar-refractivity contribution is -0.132. The van der Waals surface area contributed by atoms with E-state index >= 15 is 0 Å². The van der Waals surface area contributed by atoms with Crippen LogP contribution in [-0.4, -0.2) is 33.6 Å². The van der Waals surface area contributed by atoms with Gasteiger partial charge in [-0.15, -0.1) is 10.2 Å². The number of Topliss-reactive ketones (excluding diaryl/α,β-unsaturated/α-hetero) is 1. The molecular formula is C36H30FN3O5S2. The number of aliphatic hydroxyl groups is 1. The summed E-state index contributed by atoms with van der Waals surface area (Å²) in [5.74, 6) is -1.14. The molecule has 0 saturated carbocycles. The second kappa shape index (κ2) is 14.2. The lowest BCUT2D eigenvalue weighted by atomic mass is 9.95. The summed E-state index contributed by atoms with van der Waals surface area (Å²) >= 11 is 2.38. The van der Waals surface area contributed by atoms with E-state index in [1.54, 1.807) is 48.5 Å². The molecule has 1 amide bonds. The van der Waals surface area contributed by atoms with Gasteiger partial charge < -0.3 is 14.6 Å². The van der Waals surface area contributed by atoms with Crippen LogP contribution < -0.4 is 14.4 Å². The molecule has 5 aromatic rings. The highest BCUT2D eigenvalue weighted by Crippen LogP contribution is 2.46. The fourth-order valence-electron chi connectivity index (χ4n) is 5.14. The van der Waals surface area contributed by atoms with Crippen LogP contribution in [0.1, 0.15) is 40.8 Å². The zero-order chi connectivity index (χ0) is 32.9. The normalized spacial score (nSPS) is 15.6. The van der Waals surface area contributed by atoms with E-state index in [0.717, 1.165) is 22.5 Å². The van der Waals surface area contributed by atoms with Crippen molar-refractivity contribution in [1.82, 2.24) is 10.2 Å². The van der Waals surface area contributed by atoms with Crippen molar-refractivity contribution in [3.63, 3.8) is 0 Å². The summed E-state index contributed by atoms with van der Waals surface area (Å²) in [6.07, 6.45) is 0. The van der Waals surface area contributed by atoms with Gasteiger partial charge in [0.1, 0.15) is 18.2 Å². The average molecular weight is 668 g/mol. The van der Waals surface area contributed by atoms with Crippen LogP contribution in [0.3, 0.4) is 0 Å².